The summed E-state index contributed by atoms with van der Waals surface area (Å²) in [6.07, 6.45) is 0. The number of rotatable bonds is 6. The van der Waals surface area contributed by atoms with Crippen molar-refractivity contribution < 1.29 is 19.2 Å². The zero-order valence-corrected chi connectivity index (χ0v) is 16.8. The first kappa shape index (κ1) is 20.8. The summed E-state index contributed by atoms with van der Waals surface area (Å²) in [7, 11) is 1.54. The second kappa shape index (κ2) is 8.64. The molecule has 0 atom stereocenters. The lowest BCUT2D eigenvalue weighted by Gasteiger charge is -2.17. The van der Waals surface area contributed by atoms with Crippen LogP contribution in [0.25, 0.3) is 10.9 Å². The van der Waals surface area contributed by atoms with Crippen LogP contribution in [-0.4, -0.2) is 45.3 Å². The molecule has 1 aromatic heterocycles. The van der Waals surface area contributed by atoms with Crippen LogP contribution >= 0.6 is 0 Å². The molecule has 2 aromatic carbocycles. The maximum absolute atomic E-state index is 12.9. The average Bonchev–Trinajstić information content (AvgIpc) is 2.73. The lowest BCUT2D eigenvalue weighted by Crippen LogP contribution is -2.27. The summed E-state index contributed by atoms with van der Waals surface area (Å²) in [6, 6.07) is 11.1. The van der Waals surface area contributed by atoms with Crippen molar-refractivity contribution in [1.82, 2.24) is 14.9 Å². The Morgan fingerprint density at radius 1 is 1.13 bits per heavy atom. The number of fused-ring (bicyclic) bond motifs is 1. The molecule has 0 saturated carbocycles. The summed E-state index contributed by atoms with van der Waals surface area (Å²) < 4.78 is 4.90. The highest BCUT2D eigenvalue weighted by atomic mass is 16.6. The molecule has 9 nitrogen and oxygen atoms in total. The number of carbonyl (C=O) groups excluding carboxylic acids is 2. The van der Waals surface area contributed by atoms with Crippen LogP contribution in [0.15, 0.2) is 42.5 Å². The molecule has 1 heterocycles. The number of aryl methyl sites for hydroxylation is 1. The van der Waals surface area contributed by atoms with Crippen LogP contribution in [0.2, 0.25) is 0 Å². The number of esters is 1. The lowest BCUT2D eigenvalue weighted by atomic mass is 10.1. The van der Waals surface area contributed by atoms with Gasteiger partial charge in [-0.3, -0.25) is 14.9 Å². The normalized spacial score (nSPS) is 10.6. The summed E-state index contributed by atoms with van der Waals surface area (Å²) in [4.78, 5) is 45.8. The number of hydrogen-bond acceptors (Lipinski definition) is 7. The largest absolute Gasteiger partial charge is 0.462 e. The molecule has 0 aliphatic heterocycles. The first-order chi connectivity index (χ1) is 14.3. The molecule has 3 aromatic rings. The average molecular weight is 408 g/mol. The molecule has 0 bridgehead atoms. The van der Waals surface area contributed by atoms with Gasteiger partial charge in [0.15, 0.2) is 0 Å². The van der Waals surface area contributed by atoms with Crippen LogP contribution < -0.4 is 0 Å². The van der Waals surface area contributed by atoms with Gasteiger partial charge in [0.05, 0.1) is 29.2 Å². The number of nitro groups is 1. The Kier molecular flexibility index (Phi) is 6.01. The number of benzene rings is 2. The molecule has 3 rings (SSSR count). The molecule has 0 fully saturated rings. The summed E-state index contributed by atoms with van der Waals surface area (Å²) in [5.41, 5.74) is 1.14. The first-order valence-electron chi connectivity index (χ1n) is 9.24. The van der Waals surface area contributed by atoms with Gasteiger partial charge in [0, 0.05) is 35.8 Å². The van der Waals surface area contributed by atoms with Gasteiger partial charge in [0.2, 0.25) is 0 Å². The van der Waals surface area contributed by atoms with E-state index in [4.69, 9.17) is 4.74 Å². The van der Waals surface area contributed by atoms with Crippen molar-refractivity contribution in [2.24, 2.45) is 0 Å². The predicted molar refractivity (Wildman–Crippen MR) is 109 cm³/mol. The van der Waals surface area contributed by atoms with Crippen molar-refractivity contribution in [2.75, 3.05) is 13.7 Å². The van der Waals surface area contributed by atoms with E-state index >= 15 is 0 Å². The highest BCUT2D eigenvalue weighted by Gasteiger charge is 2.21. The zero-order chi connectivity index (χ0) is 21.8. The van der Waals surface area contributed by atoms with Crippen molar-refractivity contribution in [1.29, 1.82) is 0 Å². The first-order valence-corrected chi connectivity index (χ1v) is 9.24. The van der Waals surface area contributed by atoms with E-state index < -0.39 is 16.8 Å². The van der Waals surface area contributed by atoms with Gasteiger partial charge in [-0.1, -0.05) is 18.2 Å². The third-order valence-corrected chi connectivity index (χ3v) is 4.45. The summed E-state index contributed by atoms with van der Waals surface area (Å²) in [5.74, 6) is -0.789. The Labute approximate surface area is 172 Å². The minimum atomic E-state index is -0.730. The van der Waals surface area contributed by atoms with Crippen LogP contribution in [0.1, 0.15) is 39.2 Å². The van der Waals surface area contributed by atoms with E-state index in [0.29, 0.717) is 5.82 Å². The van der Waals surface area contributed by atoms with Gasteiger partial charge < -0.3 is 9.64 Å². The molecule has 0 spiro atoms. The molecule has 0 radical (unpaired) electrons. The third-order valence-electron chi connectivity index (χ3n) is 4.45. The second-order valence-corrected chi connectivity index (χ2v) is 6.65. The Hall–Kier alpha value is -3.88. The fourth-order valence-corrected chi connectivity index (χ4v) is 3.04. The number of nitrogens with zero attached hydrogens (tertiary/aromatic N) is 4. The summed E-state index contributed by atoms with van der Waals surface area (Å²) in [5, 5.41) is 12.2. The number of non-ortho nitro benzene ring substituents is 1. The van der Waals surface area contributed by atoms with Crippen molar-refractivity contribution >= 4 is 28.5 Å². The Morgan fingerprint density at radius 2 is 1.83 bits per heavy atom. The van der Waals surface area contributed by atoms with Crippen LogP contribution in [-0.2, 0) is 11.3 Å². The SMILES string of the molecule is CCOC(=O)c1cc(C(=O)N(C)Cc2nc(C)c3ccccc3n2)cc([N+](=O)[O-])c1. The van der Waals surface area contributed by atoms with Crippen LogP contribution in [0, 0.1) is 17.0 Å². The molecule has 30 heavy (non-hydrogen) atoms. The molecule has 0 aliphatic carbocycles. The van der Waals surface area contributed by atoms with Crippen LogP contribution in [0.3, 0.4) is 0 Å². The summed E-state index contributed by atoms with van der Waals surface area (Å²) >= 11 is 0. The van der Waals surface area contributed by atoms with Gasteiger partial charge >= 0.3 is 5.97 Å². The maximum Gasteiger partial charge on any atom is 0.338 e. The molecule has 0 aliphatic rings. The lowest BCUT2D eigenvalue weighted by molar-refractivity contribution is -0.384. The van der Waals surface area contributed by atoms with E-state index in [1.54, 1.807) is 14.0 Å². The van der Waals surface area contributed by atoms with E-state index in [9.17, 15) is 19.7 Å². The molecule has 0 unspecified atom stereocenters. The van der Waals surface area contributed by atoms with Crippen molar-refractivity contribution in [2.45, 2.75) is 20.4 Å². The second-order valence-electron chi connectivity index (χ2n) is 6.65. The Morgan fingerprint density at radius 3 is 2.53 bits per heavy atom. The van der Waals surface area contributed by atoms with Gasteiger partial charge in [-0.15, -0.1) is 0 Å². The van der Waals surface area contributed by atoms with Gasteiger partial charge in [-0.05, 0) is 26.0 Å². The number of nitro benzene ring substituents is 1. The van der Waals surface area contributed by atoms with Gasteiger partial charge in [-0.2, -0.15) is 0 Å². The van der Waals surface area contributed by atoms with Gasteiger partial charge in [-0.25, -0.2) is 14.8 Å². The van der Waals surface area contributed by atoms with E-state index in [0.717, 1.165) is 28.7 Å². The molecule has 154 valence electrons. The minimum absolute atomic E-state index is 0.00673. The predicted octanol–water partition coefficient (Wildman–Crippen LogP) is 3.30. The molecule has 0 saturated heterocycles. The Balaban J connectivity index is 1.90. The number of aromatic nitrogens is 2. The number of carbonyl (C=O) groups is 2. The third kappa shape index (κ3) is 4.40. The van der Waals surface area contributed by atoms with Crippen molar-refractivity contribution in [3.63, 3.8) is 0 Å². The minimum Gasteiger partial charge on any atom is -0.462 e. The fourth-order valence-electron chi connectivity index (χ4n) is 3.04. The standard InChI is InChI=1S/C21H20N4O5/c1-4-30-21(27)15-9-14(10-16(11-15)25(28)29)20(26)24(3)12-19-22-13(2)17-7-5-6-8-18(17)23-19/h5-11H,4,12H2,1-3H3. The van der Waals surface area contributed by atoms with Crippen LogP contribution in [0.4, 0.5) is 5.69 Å². The van der Waals surface area contributed by atoms with E-state index in [-0.39, 0.29) is 30.0 Å². The smallest absolute Gasteiger partial charge is 0.338 e. The van der Waals surface area contributed by atoms with E-state index in [1.165, 1.54) is 11.0 Å². The van der Waals surface area contributed by atoms with E-state index in [2.05, 4.69) is 9.97 Å². The molecule has 0 N–H and O–H groups in total. The topological polar surface area (TPSA) is 116 Å². The zero-order valence-electron chi connectivity index (χ0n) is 16.8. The van der Waals surface area contributed by atoms with Gasteiger partial charge in [0.25, 0.3) is 11.6 Å². The summed E-state index contributed by atoms with van der Waals surface area (Å²) in [6.45, 7) is 3.70. The maximum atomic E-state index is 12.9. The van der Waals surface area contributed by atoms with Crippen molar-refractivity contribution in [3.8, 4) is 0 Å². The number of para-hydroxylation sites is 1. The molecular weight excluding hydrogens is 388 g/mol. The number of hydrogen-bond donors (Lipinski definition) is 0. The fraction of sp³-hybridized carbons (Fsp3) is 0.238. The molecule has 9 heteroatoms. The Bertz CT molecular complexity index is 1150. The highest BCUT2D eigenvalue weighted by Crippen LogP contribution is 2.20. The van der Waals surface area contributed by atoms with E-state index in [1.807, 2.05) is 31.2 Å². The number of amides is 1. The quantitative estimate of drug-likeness (QED) is 0.349. The van der Waals surface area contributed by atoms with Crippen molar-refractivity contribution in [3.05, 3.63) is 75.2 Å². The highest BCUT2D eigenvalue weighted by molar-refractivity contribution is 5.98. The molecular formula is C21H20N4O5. The molecule has 1 amide bonds. The number of ether oxygens (including phenoxy) is 1. The van der Waals surface area contributed by atoms with Gasteiger partial charge in [0.1, 0.15) is 5.82 Å². The monoisotopic (exact) mass is 408 g/mol. The van der Waals surface area contributed by atoms with Crippen LogP contribution in [0.5, 0.6) is 0 Å².